The van der Waals surface area contributed by atoms with E-state index in [2.05, 4.69) is 32.8 Å². The Bertz CT molecular complexity index is 355. The predicted molar refractivity (Wildman–Crippen MR) is 71.5 cm³/mol. The molecule has 0 heterocycles. The molecular formula is C11H14INO4. The van der Waals surface area contributed by atoms with Gasteiger partial charge in [0.1, 0.15) is 5.75 Å². The van der Waals surface area contributed by atoms with Crippen molar-refractivity contribution in [3.8, 4) is 5.75 Å². The number of carbonyl (C=O) groups is 1. The van der Waals surface area contributed by atoms with E-state index in [1.54, 1.807) is 31.4 Å². The molecule has 0 spiro atoms. The SMILES string of the molecule is COc1ccc(C(=O)NC(CCI)OO)cc1. The highest BCUT2D eigenvalue weighted by molar-refractivity contribution is 14.1. The molecule has 0 radical (unpaired) electrons. The molecule has 0 aliphatic carbocycles. The lowest BCUT2D eigenvalue weighted by molar-refractivity contribution is -0.283. The number of halogens is 1. The molecule has 1 amide bonds. The molecule has 0 aliphatic rings. The summed E-state index contributed by atoms with van der Waals surface area (Å²) in [5.74, 6) is 0.389. The van der Waals surface area contributed by atoms with E-state index in [4.69, 9.17) is 9.99 Å². The lowest BCUT2D eigenvalue weighted by Crippen LogP contribution is -2.36. The highest BCUT2D eigenvalue weighted by Gasteiger charge is 2.13. The van der Waals surface area contributed by atoms with Crippen LogP contribution in [0.15, 0.2) is 24.3 Å². The molecule has 1 atom stereocenters. The molecule has 1 rings (SSSR count). The van der Waals surface area contributed by atoms with E-state index in [1.165, 1.54) is 0 Å². The average molecular weight is 351 g/mol. The molecule has 1 aromatic carbocycles. The molecular weight excluding hydrogens is 337 g/mol. The maximum absolute atomic E-state index is 11.7. The molecule has 2 N–H and O–H groups in total. The van der Waals surface area contributed by atoms with Crippen LogP contribution < -0.4 is 10.1 Å². The van der Waals surface area contributed by atoms with Crippen LogP contribution in [0.2, 0.25) is 0 Å². The van der Waals surface area contributed by atoms with Crippen molar-refractivity contribution < 1.29 is 19.7 Å². The first-order chi connectivity index (χ1) is 8.21. The number of carbonyl (C=O) groups excluding carboxylic acids is 1. The highest BCUT2D eigenvalue weighted by atomic mass is 127. The predicted octanol–water partition coefficient (Wildman–Crippen LogP) is 2.07. The van der Waals surface area contributed by atoms with Crippen molar-refractivity contribution in [2.75, 3.05) is 11.5 Å². The van der Waals surface area contributed by atoms with Gasteiger partial charge in [0.25, 0.3) is 5.91 Å². The lowest BCUT2D eigenvalue weighted by atomic mass is 10.2. The number of methoxy groups -OCH3 is 1. The van der Waals surface area contributed by atoms with Crippen LogP contribution in [0.5, 0.6) is 5.75 Å². The van der Waals surface area contributed by atoms with E-state index in [9.17, 15) is 4.79 Å². The van der Waals surface area contributed by atoms with Gasteiger partial charge in [0, 0.05) is 16.4 Å². The summed E-state index contributed by atoms with van der Waals surface area (Å²) in [5, 5.41) is 11.2. The van der Waals surface area contributed by atoms with Gasteiger partial charge in [0.15, 0.2) is 6.23 Å². The van der Waals surface area contributed by atoms with Gasteiger partial charge in [-0.05, 0) is 24.3 Å². The number of alkyl halides is 1. The Kier molecular flexibility index (Phi) is 6.23. The molecule has 1 aromatic rings. The van der Waals surface area contributed by atoms with E-state index < -0.39 is 6.23 Å². The minimum atomic E-state index is -0.679. The molecule has 0 fully saturated rings. The molecule has 0 aromatic heterocycles. The first-order valence-electron chi connectivity index (χ1n) is 5.02. The van der Waals surface area contributed by atoms with Crippen LogP contribution in [0.25, 0.3) is 0 Å². The fourth-order valence-electron chi connectivity index (χ4n) is 1.22. The van der Waals surface area contributed by atoms with Gasteiger partial charge in [-0.15, -0.1) is 0 Å². The summed E-state index contributed by atoms with van der Waals surface area (Å²) in [5.41, 5.74) is 0.487. The van der Waals surface area contributed by atoms with Crippen molar-refractivity contribution in [2.45, 2.75) is 12.6 Å². The van der Waals surface area contributed by atoms with Crippen LogP contribution in [0, 0.1) is 0 Å². The van der Waals surface area contributed by atoms with Crippen LogP contribution in [0.3, 0.4) is 0 Å². The van der Waals surface area contributed by atoms with Crippen LogP contribution in [0.1, 0.15) is 16.8 Å². The standard InChI is InChI=1S/C11H14INO4/c1-16-9-4-2-8(3-5-9)11(14)13-10(17-15)6-7-12/h2-5,10,15H,6-7H2,1H3,(H,13,14). The van der Waals surface area contributed by atoms with Gasteiger partial charge in [-0.1, -0.05) is 22.6 Å². The second-order valence-corrected chi connectivity index (χ2v) is 4.35. The second kappa shape index (κ2) is 7.46. The molecule has 0 aliphatic heterocycles. The first-order valence-corrected chi connectivity index (χ1v) is 6.55. The Morgan fingerprint density at radius 3 is 2.59 bits per heavy atom. The zero-order valence-electron chi connectivity index (χ0n) is 9.35. The third-order valence-electron chi connectivity index (χ3n) is 2.14. The largest absolute Gasteiger partial charge is 0.497 e. The molecule has 0 bridgehead atoms. The number of hydrogen-bond donors (Lipinski definition) is 2. The van der Waals surface area contributed by atoms with Gasteiger partial charge in [-0.3, -0.25) is 4.79 Å². The zero-order valence-corrected chi connectivity index (χ0v) is 11.5. The summed E-state index contributed by atoms with van der Waals surface area (Å²) in [6.07, 6.45) is -0.139. The van der Waals surface area contributed by atoms with Crippen molar-refractivity contribution in [1.29, 1.82) is 0 Å². The maximum atomic E-state index is 11.7. The number of rotatable bonds is 6. The Hall–Kier alpha value is -0.860. The summed E-state index contributed by atoms with van der Waals surface area (Å²) < 4.78 is 5.76. The van der Waals surface area contributed by atoms with Crippen molar-refractivity contribution in [3.05, 3.63) is 29.8 Å². The molecule has 94 valence electrons. The van der Waals surface area contributed by atoms with Crippen molar-refractivity contribution >= 4 is 28.5 Å². The molecule has 1 unspecified atom stereocenters. The summed E-state index contributed by atoms with van der Waals surface area (Å²) in [6.45, 7) is 0. The van der Waals surface area contributed by atoms with Crippen molar-refractivity contribution in [3.63, 3.8) is 0 Å². The maximum Gasteiger partial charge on any atom is 0.253 e. The van der Waals surface area contributed by atoms with Crippen LogP contribution in [-0.4, -0.2) is 28.9 Å². The van der Waals surface area contributed by atoms with Gasteiger partial charge in [0.2, 0.25) is 0 Å². The quantitative estimate of drug-likeness (QED) is 0.271. The summed E-state index contributed by atoms with van der Waals surface area (Å²) in [6, 6.07) is 6.68. The number of ether oxygens (including phenoxy) is 1. The molecule has 0 saturated carbocycles. The number of benzene rings is 1. The first kappa shape index (κ1) is 14.2. The topological polar surface area (TPSA) is 67.8 Å². The Morgan fingerprint density at radius 1 is 1.47 bits per heavy atom. The summed E-state index contributed by atoms with van der Waals surface area (Å²) in [4.78, 5) is 15.9. The minimum absolute atomic E-state index is 0.295. The zero-order chi connectivity index (χ0) is 12.7. The third kappa shape index (κ3) is 4.49. The normalized spacial score (nSPS) is 11.9. The van der Waals surface area contributed by atoms with Gasteiger partial charge in [-0.2, -0.15) is 0 Å². The fraction of sp³-hybridized carbons (Fsp3) is 0.364. The van der Waals surface area contributed by atoms with Crippen LogP contribution >= 0.6 is 22.6 Å². The van der Waals surface area contributed by atoms with Gasteiger partial charge >= 0.3 is 0 Å². The molecule has 6 heteroatoms. The Balaban J connectivity index is 2.62. The molecule has 17 heavy (non-hydrogen) atoms. The van der Waals surface area contributed by atoms with E-state index in [0.29, 0.717) is 17.7 Å². The van der Waals surface area contributed by atoms with Crippen LogP contribution in [-0.2, 0) is 4.89 Å². The van der Waals surface area contributed by atoms with Crippen molar-refractivity contribution in [2.24, 2.45) is 0 Å². The van der Waals surface area contributed by atoms with E-state index in [0.717, 1.165) is 4.43 Å². The van der Waals surface area contributed by atoms with Gasteiger partial charge < -0.3 is 10.1 Å². The Labute approximate surface area is 113 Å². The van der Waals surface area contributed by atoms with Crippen LogP contribution in [0.4, 0.5) is 0 Å². The molecule has 5 nitrogen and oxygen atoms in total. The summed E-state index contributed by atoms with van der Waals surface area (Å²) >= 11 is 2.14. The molecule has 0 saturated heterocycles. The number of amides is 1. The third-order valence-corrected chi connectivity index (χ3v) is 2.77. The van der Waals surface area contributed by atoms with E-state index in [-0.39, 0.29) is 5.91 Å². The lowest BCUT2D eigenvalue weighted by Gasteiger charge is -2.14. The van der Waals surface area contributed by atoms with Gasteiger partial charge in [-0.25, -0.2) is 10.1 Å². The summed E-state index contributed by atoms with van der Waals surface area (Å²) in [7, 11) is 1.56. The average Bonchev–Trinajstić information content (AvgIpc) is 2.38. The van der Waals surface area contributed by atoms with Gasteiger partial charge in [0.05, 0.1) is 7.11 Å². The Morgan fingerprint density at radius 2 is 2.12 bits per heavy atom. The highest BCUT2D eigenvalue weighted by Crippen LogP contribution is 2.11. The fourth-order valence-corrected chi connectivity index (χ4v) is 1.79. The van der Waals surface area contributed by atoms with Crippen molar-refractivity contribution in [1.82, 2.24) is 5.32 Å². The second-order valence-electron chi connectivity index (χ2n) is 3.27. The monoisotopic (exact) mass is 351 g/mol. The minimum Gasteiger partial charge on any atom is -0.497 e. The van der Waals surface area contributed by atoms with E-state index in [1.807, 2.05) is 0 Å². The van der Waals surface area contributed by atoms with E-state index >= 15 is 0 Å². The number of nitrogens with one attached hydrogen (secondary N) is 1. The number of hydrogen-bond acceptors (Lipinski definition) is 4. The smallest absolute Gasteiger partial charge is 0.253 e.